The Bertz CT molecular complexity index is 498. The zero-order valence-corrected chi connectivity index (χ0v) is 12.1. The van der Waals surface area contributed by atoms with Gasteiger partial charge in [-0.2, -0.15) is 13.2 Å². The second-order valence-corrected chi connectivity index (χ2v) is 9.60. The van der Waals surface area contributed by atoms with Crippen molar-refractivity contribution in [1.82, 2.24) is 4.98 Å². The Morgan fingerprint density at radius 1 is 1.40 bits per heavy atom. The maximum absolute atomic E-state index is 12.8. The lowest BCUT2D eigenvalue weighted by molar-refractivity contribution is -0.138. The van der Waals surface area contributed by atoms with Crippen LogP contribution in [0.3, 0.4) is 0 Å². The van der Waals surface area contributed by atoms with Crippen molar-refractivity contribution in [3.63, 3.8) is 0 Å². The van der Waals surface area contributed by atoms with Gasteiger partial charge in [0.05, 0.1) is 17.7 Å². The van der Waals surface area contributed by atoms with Crippen molar-refractivity contribution in [2.24, 2.45) is 0 Å². The molecule has 0 bridgehead atoms. The fourth-order valence-corrected chi connectivity index (χ4v) is 1.90. The summed E-state index contributed by atoms with van der Waals surface area (Å²) in [5.41, 5.74) is -2.13. The van der Waals surface area contributed by atoms with Crippen LogP contribution in [0.25, 0.3) is 0 Å². The first-order valence-corrected chi connectivity index (χ1v) is 8.63. The maximum atomic E-state index is 12.8. The number of aromatic carboxylic acids is 1. The largest absolute Gasteiger partial charge is 0.478 e. The zero-order chi connectivity index (χ0) is 15.6. The van der Waals surface area contributed by atoms with Gasteiger partial charge in [0.2, 0.25) is 5.88 Å². The number of hydrogen-bond acceptors (Lipinski definition) is 3. The molecule has 0 fully saturated rings. The normalized spacial score (nSPS) is 13.1. The van der Waals surface area contributed by atoms with Gasteiger partial charge in [-0.3, -0.25) is 0 Å². The van der Waals surface area contributed by atoms with Crippen LogP contribution < -0.4 is 4.74 Å². The minimum Gasteiger partial charge on any atom is -0.478 e. The molecule has 0 aliphatic heterocycles. The molecule has 0 aliphatic carbocycles. The number of carboxylic acids is 1. The lowest BCUT2D eigenvalue weighted by atomic mass is 10.1. The fourth-order valence-electron chi connectivity index (χ4n) is 1.32. The molecule has 20 heavy (non-hydrogen) atoms. The molecule has 0 radical (unpaired) electrons. The molecule has 1 aromatic rings. The van der Waals surface area contributed by atoms with Crippen LogP contribution in [0.2, 0.25) is 0 Å². The number of rotatable bonds is 5. The van der Waals surface area contributed by atoms with E-state index in [2.05, 4.69) is 23.8 Å². The summed E-state index contributed by atoms with van der Waals surface area (Å²) in [6.07, 6.45) is 2.07. The Labute approximate surface area is 116 Å². The standard InChI is InChI=1S/C12H16F3NO3S/c1-20(2,3)5-4-19-10-6-9(12(13,14)15)8(7-16-10)11(17)18/h6-7H,4-5H2,1-3H3,(H,17,18). The van der Waals surface area contributed by atoms with E-state index in [0.717, 1.165) is 5.75 Å². The molecule has 0 aromatic carbocycles. The number of carboxylic acid groups (broad SMARTS) is 1. The lowest BCUT2D eigenvalue weighted by Gasteiger charge is -2.24. The summed E-state index contributed by atoms with van der Waals surface area (Å²) in [6, 6.07) is 0.626. The van der Waals surface area contributed by atoms with E-state index in [1.54, 1.807) is 0 Å². The van der Waals surface area contributed by atoms with Gasteiger partial charge in [-0.05, 0) is 18.8 Å². The quantitative estimate of drug-likeness (QED) is 0.908. The number of carbonyl (C=O) groups is 1. The third-order valence-corrected chi connectivity index (χ3v) is 3.75. The summed E-state index contributed by atoms with van der Waals surface area (Å²) in [5.74, 6) is -1.17. The van der Waals surface area contributed by atoms with Crippen molar-refractivity contribution >= 4 is 16.0 Å². The Hall–Kier alpha value is -1.44. The average Bonchev–Trinajstić information content (AvgIpc) is 2.25. The van der Waals surface area contributed by atoms with Crippen molar-refractivity contribution in [3.8, 4) is 5.88 Å². The van der Waals surface area contributed by atoms with Crippen LogP contribution >= 0.6 is 10.0 Å². The number of alkyl halides is 3. The lowest BCUT2D eigenvalue weighted by Crippen LogP contribution is -2.15. The molecule has 0 saturated carbocycles. The number of ether oxygens (including phenoxy) is 1. The Balaban J connectivity index is 2.93. The van der Waals surface area contributed by atoms with Gasteiger partial charge in [0.15, 0.2) is 0 Å². The van der Waals surface area contributed by atoms with E-state index in [0.29, 0.717) is 12.3 Å². The molecular formula is C12H16F3NO3S. The number of aromatic nitrogens is 1. The van der Waals surface area contributed by atoms with Gasteiger partial charge in [0.25, 0.3) is 0 Å². The zero-order valence-electron chi connectivity index (χ0n) is 11.3. The second-order valence-electron chi connectivity index (χ2n) is 5.01. The van der Waals surface area contributed by atoms with Gasteiger partial charge in [0.1, 0.15) is 0 Å². The molecule has 0 spiro atoms. The number of pyridine rings is 1. The number of halogens is 3. The first-order chi connectivity index (χ1) is 9.00. The van der Waals surface area contributed by atoms with E-state index in [4.69, 9.17) is 9.84 Å². The van der Waals surface area contributed by atoms with Crippen LogP contribution in [0.4, 0.5) is 13.2 Å². The molecule has 0 amide bonds. The maximum Gasteiger partial charge on any atom is 0.417 e. The molecular weight excluding hydrogens is 295 g/mol. The van der Waals surface area contributed by atoms with Gasteiger partial charge in [0, 0.05) is 18.0 Å². The van der Waals surface area contributed by atoms with Crippen LogP contribution in [0, 0.1) is 0 Å². The first-order valence-electron chi connectivity index (χ1n) is 5.60. The van der Waals surface area contributed by atoms with E-state index in [9.17, 15) is 18.0 Å². The summed E-state index contributed by atoms with van der Waals surface area (Å²) in [4.78, 5) is 14.3. The Morgan fingerprint density at radius 3 is 2.45 bits per heavy atom. The van der Waals surface area contributed by atoms with E-state index >= 15 is 0 Å². The van der Waals surface area contributed by atoms with Gasteiger partial charge in [-0.15, -0.1) is 0 Å². The van der Waals surface area contributed by atoms with E-state index < -0.39 is 33.3 Å². The van der Waals surface area contributed by atoms with Gasteiger partial charge < -0.3 is 9.84 Å². The van der Waals surface area contributed by atoms with E-state index in [1.165, 1.54) is 0 Å². The minimum absolute atomic E-state index is 0.217. The molecule has 1 heterocycles. The molecule has 8 heteroatoms. The molecule has 4 nitrogen and oxygen atoms in total. The summed E-state index contributed by atoms with van der Waals surface area (Å²) in [6.45, 7) is 0.246. The summed E-state index contributed by atoms with van der Waals surface area (Å²) >= 11 is 0. The van der Waals surface area contributed by atoms with Crippen LogP contribution in [0.1, 0.15) is 15.9 Å². The third-order valence-electron chi connectivity index (χ3n) is 2.36. The van der Waals surface area contributed by atoms with Gasteiger partial charge in [-0.1, -0.05) is 0 Å². The van der Waals surface area contributed by atoms with Gasteiger partial charge in [-0.25, -0.2) is 19.8 Å². The van der Waals surface area contributed by atoms with Crippen LogP contribution in [0.15, 0.2) is 12.3 Å². The molecule has 1 aromatic heterocycles. The second kappa shape index (κ2) is 5.90. The molecule has 114 valence electrons. The summed E-state index contributed by atoms with van der Waals surface area (Å²) in [7, 11) is -0.824. The van der Waals surface area contributed by atoms with E-state index in [-0.39, 0.29) is 12.5 Å². The highest BCUT2D eigenvalue weighted by atomic mass is 32.3. The highest BCUT2D eigenvalue weighted by Crippen LogP contribution is 2.35. The molecule has 0 aliphatic rings. The highest BCUT2D eigenvalue weighted by molar-refractivity contribution is 8.32. The van der Waals surface area contributed by atoms with Crippen LogP contribution in [0.5, 0.6) is 5.88 Å². The predicted molar refractivity (Wildman–Crippen MR) is 71.9 cm³/mol. The van der Waals surface area contributed by atoms with E-state index in [1.807, 2.05) is 0 Å². The van der Waals surface area contributed by atoms with Gasteiger partial charge >= 0.3 is 12.1 Å². The van der Waals surface area contributed by atoms with Crippen molar-refractivity contribution in [3.05, 3.63) is 23.4 Å². The van der Waals surface area contributed by atoms with Crippen LogP contribution in [-0.4, -0.2) is 47.2 Å². The SMILES string of the molecule is CS(C)(C)CCOc1cc(C(F)(F)F)c(C(=O)O)cn1. The predicted octanol–water partition coefficient (Wildman–Crippen LogP) is 2.87. The smallest absolute Gasteiger partial charge is 0.417 e. The van der Waals surface area contributed by atoms with Crippen molar-refractivity contribution in [2.75, 3.05) is 31.1 Å². The topological polar surface area (TPSA) is 59.4 Å². The fraction of sp³-hybridized carbons (Fsp3) is 0.500. The van der Waals surface area contributed by atoms with Crippen LogP contribution in [-0.2, 0) is 6.18 Å². The first kappa shape index (κ1) is 16.6. The molecule has 0 atom stereocenters. The van der Waals surface area contributed by atoms with Crippen molar-refractivity contribution in [2.45, 2.75) is 6.18 Å². The number of hydrogen-bond donors (Lipinski definition) is 1. The van der Waals surface area contributed by atoms with Crippen molar-refractivity contribution < 1.29 is 27.8 Å². The molecule has 1 N–H and O–H groups in total. The molecule has 1 rings (SSSR count). The highest BCUT2D eigenvalue weighted by Gasteiger charge is 2.36. The third kappa shape index (κ3) is 4.92. The number of nitrogens with zero attached hydrogens (tertiary/aromatic N) is 1. The minimum atomic E-state index is -4.76. The monoisotopic (exact) mass is 311 g/mol. The molecule has 0 saturated heterocycles. The van der Waals surface area contributed by atoms with Crippen molar-refractivity contribution in [1.29, 1.82) is 0 Å². The Kier molecular flexibility index (Phi) is 4.90. The summed E-state index contributed by atoms with van der Waals surface area (Å²) < 4.78 is 43.4. The average molecular weight is 311 g/mol. The Morgan fingerprint density at radius 2 is 2.00 bits per heavy atom. The summed E-state index contributed by atoms with van der Waals surface area (Å²) in [5, 5.41) is 8.73. The molecule has 0 unspecified atom stereocenters.